The third kappa shape index (κ3) is 3.46. The Kier molecular flexibility index (Phi) is 5.04. The molecule has 5 rings (SSSR count). The number of amides is 1. The van der Waals surface area contributed by atoms with Crippen molar-refractivity contribution >= 4 is 28.3 Å². The summed E-state index contributed by atoms with van der Waals surface area (Å²) in [7, 11) is 0. The molecule has 1 aromatic heterocycles. The summed E-state index contributed by atoms with van der Waals surface area (Å²) >= 11 is 0. The molecular weight excluding hydrogens is 433 g/mol. The van der Waals surface area contributed by atoms with Crippen LogP contribution in [0.5, 0.6) is 5.75 Å². The number of Topliss-reactive ketones (excluding diaryl/α,β-unsaturated/α-hetero) is 1. The minimum Gasteiger partial charge on any atom is -0.482 e. The lowest BCUT2D eigenvalue weighted by Gasteiger charge is -2.35. The number of ketones is 1. The standard InChI is InChI=1S/C28H24FNO4/c1-15-6-5-7-20(16(15)2)30-27(32)26-17(3)24-22(33-26)12-13-23-25(24)21(31)14-28(4,34-23)18-8-10-19(29)11-9-18/h5-13H,14H2,1-4H3,(H,30,32)/t28-/m0/s1. The zero-order chi connectivity index (χ0) is 24.2. The number of halogens is 1. The number of aryl methyl sites for hydroxylation is 2. The summed E-state index contributed by atoms with van der Waals surface area (Å²) in [6, 6.07) is 15.1. The van der Waals surface area contributed by atoms with Gasteiger partial charge in [0.15, 0.2) is 11.5 Å². The monoisotopic (exact) mass is 457 g/mol. The van der Waals surface area contributed by atoms with Gasteiger partial charge in [-0.2, -0.15) is 0 Å². The average molecular weight is 458 g/mol. The highest BCUT2D eigenvalue weighted by atomic mass is 19.1. The lowest BCUT2D eigenvalue weighted by atomic mass is 9.84. The zero-order valence-corrected chi connectivity index (χ0v) is 19.4. The van der Waals surface area contributed by atoms with Crippen molar-refractivity contribution in [3.05, 3.63) is 94.0 Å². The number of anilines is 1. The molecule has 34 heavy (non-hydrogen) atoms. The summed E-state index contributed by atoms with van der Waals surface area (Å²) in [5.41, 5.74) is 3.98. The van der Waals surface area contributed by atoms with E-state index in [-0.39, 0.29) is 29.7 Å². The van der Waals surface area contributed by atoms with E-state index in [1.54, 1.807) is 31.2 Å². The fraction of sp³-hybridized carbons (Fsp3) is 0.214. The molecule has 4 aromatic rings. The molecule has 0 aliphatic carbocycles. The molecule has 1 aliphatic heterocycles. The van der Waals surface area contributed by atoms with E-state index in [1.165, 1.54) is 12.1 Å². The van der Waals surface area contributed by atoms with Crippen molar-refractivity contribution in [1.82, 2.24) is 0 Å². The number of hydrogen-bond donors (Lipinski definition) is 1. The molecule has 1 atom stereocenters. The van der Waals surface area contributed by atoms with Gasteiger partial charge >= 0.3 is 0 Å². The van der Waals surface area contributed by atoms with Gasteiger partial charge in [0.2, 0.25) is 0 Å². The van der Waals surface area contributed by atoms with Gasteiger partial charge in [0, 0.05) is 16.6 Å². The van der Waals surface area contributed by atoms with Crippen molar-refractivity contribution < 1.29 is 23.1 Å². The number of ether oxygens (including phenoxy) is 1. The maximum absolute atomic E-state index is 13.4. The molecule has 0 unspecified atom stereocenters. The second-order valence-electron chi connectivity index (χ2n) is 9.01. The molecule has 2 heterocycles. The SMILES string of the molecule is Cc1cccc(NC(=O)c2oc3ccc4c(c3c2C)C(=O)C[C@@](C)(c2ccc(F)cc2)O4)c1C. The second kappa shape index (κ2) is 7.83. The van der Waals surface area contributed by atoms with E-state index in [4.69, 9.17) is 9.15 Å². The minimum absolute atomic E-state index is 0.0827. The summed E-state index contributed by atoms with van der Waals surface area (Å²) in [5.74, 6) is -0.275. The first-order valence-electron chi connectivity index (χ1n) is 11.1. The van der Waals surface area contributed by atoms with Crippen LogP contribution in [0.25, 0.3) is 11.0 Å². The molecule has 1 N–H and O–H groups in total. The Bertz CT molecular complexity index is 1470. The molecule has 1 amide bonds. The van der Waals surface area contributed by atoms with E-state index < -0.39 is 5.60 Å². The Morgan fingerprint density at radius 3 is 2.47 bits per heavy atom. The molecule has 1 aliphatic rings. The molecule has 0 saturated heterocycles. The van der Waals surface area contributed by atoms with Crippen molar-refractivity contribution in [3.8, 4) is 5.75 Å². The van der Waals surface area contributed by atoms with E-state index in [1.807, 2.05) is 39.0 Å². The number of carbonyl (C=O) groups is 2. The van der Waals surface area contributed by atoms with E-state index in [9.17, 15) is 14.0 Å². The van der Waals surface area contributed by atoms with Crippen molar-refractivity contribution in [2.75, 3.05) is 5.32 Å². The predicted octanol–water partition coefficient (Wildman–Crippen LogP) is 6.63. The van der Waals surface area contributed by atoms with Crippen LogP contribution >= 0.6 is 0 Å². The van der Waals surface area contributed by atoms with Crippen molar-refractivity contribution in [1.29, 1.82) is 0 Å². The number of benzene rings is 3. The Morgan fingerprint density at radius 1 is 1.00 bits per heavy atom. The van der Waals surface area contributed by atoms with Crippen LogP contribution < -0.4 is 10.1 Å². The van der Waals surface area contributed by atoms with Gasteiger partial charge in [-0.05, 0) is 74.7 Å². The first-order valence-corrected chi connectivity index (χ1v) is 11.1. The lowest BCUT2D eigenvalue weighted by Crippen LogP contribution is -2.36. The number of nitrogens with one attached hydrogen (secondary N) is 1. The molecule has 0 radical (unpaired) electrons. The molecule has 5 nitrogen and oxygen atoms in total. The Morgan fingerprint density at radius 2 is 1.74 bits per heavy atom. The van der Waals surface area contributed by atoms with Crippen LogP contribution in [0.1, 0.15) is 56.5 Å². The van der Waals surface area contributed by atoms with Crippen LogP contribution in [0.15, 0.2) is 59.0 Å². The smallest absolute Gasteiger partial charge is 0.291 e. The third-order valence-electron chi connectivity index (χ3n) is 6.68. The Labute approximate surface area is 196 Å². The van der Waals surface area contributed by atoms with Crippen LogP contribution in [-0.2, 0) is 5.60 Å². The summed E-state index contributed by atoms with van der Waals surface area (Å²) in [4.78, 5) is 26.4. The average Bonchev–Trinajstić information content (AvgIpc) is 3.13. The largest absolute Gasteiger partial charge is 0.482 e. The topological polar surface area (TPSA) is 68.5 Å². The zero-order valence-electron chi connectivity index (χ0n) is 19.4. The molecule has 0 spiro atoms. The predicted molar refractivity (Wildman–Crippen MR) is 128 cm³/mol. The molecule has 0 fully saturated rings. The van der Waals surface area contributed by atoms with Crippen LogP contribution in [0.2, 0.25) is 0 Å². The van der Waals surface area contributed by atoms with Crippen LogP contribution in [0.4, 0.5) is 10.1 Å². The number of rotatable bonds is 3. The lowest BCUT2D eigenvalue weighted by molar-refractivity contribution is 0.0507. The van der Waals surface area contributed by atoms with Crippen molar-refractivity contribution in [2.24, 2.45) is 0 Å². The molecule has 3 aromatic carbocycles. The van der Waals surface area contributed by atoms with Gasteiger partial charge in [0.05, 0.1) is 12.0 Å². The molecule has 172 valence electrons. The fourth-order valence-corrected chi connectivity index (χ4v) is 4.60. The van der Waals surface area contributed by atoms with Gasteiger partial charge in [0.1, 0.15) is 22.8 Å². The van der Waals surface area contributed by atoms with E-state index >= 15 is 0 Å². The number of hydrogen-bond acceptors (Lipinski definition) is 4. The van der Waals surface area contributed by atoms with Crippen LogP contribution in [0.3, 0.4) is 0 Å². The number of fused-ring (bicyclic) bond motifs is 3. The molecule has 0 saturated carbocycles. The fourth-order valence-electron chi connectivity index (χ4n) is 4.60. The van der Waals surface area contributed by atoms with E-state index in [2.05, 4.69) is 5.32 Å². The minimum atomic E-state index is -0.925. The summed E-state index contributed by atoms with van der Waals surface area (Å²) in [6.45, 7) is 7.51. The van der Waals surface area contributed by atoms with Gasteiger partial charge in [-0.25, -0.2) is 4.39 Å². The van der Waals surface area contributed by atoms with Gasteiger partial charge in [-0.1, -0.05) is 24.3 Å². The highest BCUT2D eigenvalue weighted by Crippen LogP contribution is 2.44. The summed E-state index contributed by atoms with van der Waals surface area (Å²) in [5, 5.41) is 3.50. The second-order valence-corrected chi connectivity index (χ2v) is 9.01. The van der Waals surface area contributed by atoms with Crippen LogP contribution in [0, 0.1) is 26.6 Å². The molecule has 0 bridgehead atoms. The number of furan rings is 1. The highest BCUT2D eigenvalue weighted by molar-refractivity contribution is 6.15. The van der Waals surface area contributed by atoms with Crippen molar-refractivity contribution in [3.63, 3.8) is 0 Å². The molecule has 6 heteroatoms. The first kappa shape index (κ1) is 21.9. The van der Waals surface area contributed by atoms with Gasteiger partial charge in [-0.15, -0.1) is 0 Å². The first-order chi connectivity index (χ1) is 16.2. The summed E-state index contributed by atoms with van der Waals surface area (Å²) < 4.78 is 25.6. The van der Waals surface area contributed by atoms with Gasteiger partial charge < -0.3 is 14.5 Å². The maximum Gasteiger partial charge on any atom is 0.291 e. The normalized spacial score (nSPS) is 17.4. The van der Waals surface area contributed by atoms with Crippen molar-refractivity contribution in [2.45, 2.75) is 39.7 Å². The van der Waals surface area contributed by atoms with Gasteiger partial charge in [0.25, 0.3) is 5.91 Å². The quantitative estimate of drug-likeness (QED) is 0.375. The summed E-state index contributed by atoms with van der Waals surface area (Å²) in [6.07, 6.45) is 0.0827. The van der Waals surface area contributed by atoms with Crippen LogP contribution in [-0.4, -0.2) is 11.7 Å². The van der Waals surface area contributed by atoms with Gasteiger partial charge in [-0.3, -0.25) is 9.59 Å². The molecular formula is C28H24FNO4. The van der Waals surface area contributed by atoms with E-state index in [0.29, 0.717) is 39.1 Å². The number of carbonyl (C=O) groups excluding carboxylic acids is 2. The Balaban J connectivity index is 1.54. The third-order valence-corrected chi connectivity index (χ3v) is 6.68. The maximum atomic E-state index is 13.4. The van der Waals surface area contributed by atoms with E-state index in [0.717, 1.165) is 11.1 Å². The Hall–Kier alpha value is -3.93. The highest BCUT2D eigenvalue weighted by Gasteiger charge is 2.40.